The van der Waals surface area contributed by atoms with Crippen molar-refractivity contribution in [3.63, 3.8) is 0 Å². The molecule has 0 aliphatic rings. The van der Waals surface area contributed by atoms with E-state index in [1.165, 1.54) is 12.1 Å². The van der Waals surface area contributed by atoms with E-state index in [-0.39, 0.29) is 16.7 Å². The summed E-state index contributed by atoms with van der Waals surface area (Å²) < 4.78 is 0. The van der Waals surface area contributed by atoms with Crippen molar-refractivity contribution in [1.82, 2.24) is 0 Å². The van der Waals surface area contributed by atoms with E-state index < -0.39 is 29.4 Å². The molecule has 0 fully saturated rings. The first-order valence-corrected chi connectivity index (χ1v) is 15.5. The quantitative estimate of drug-likeness (QED) is 0.216. The maximum Gasteiger partial charge on any atom is 0.0728 e. The van der Waals surface area contributed by atoms with E-state index in [1.54, 1.807) is 42.5 Å². The number of carboxylic acids is 4. The van der Waals surface area contributed by atoms with Crippen LogP contribution in [-0.2, 0) is 12.8 Å². The first kappa shape index (κ1) is 34.5. The third-order valence-corrected chi connectivity index (χ3v) is 8.07. The monoisotopic (exact) mass is 660 g/mol. The van der Waals surface area contributed by atoms with Crippen LogP contribution >= 0.6 is 0 Å². The number of carbonyl (C=O) groups excluding carboxylic acids is 4. The molecule has 0 bridgehead atoms. The number of hydrogen-bond donors (Lipinski definition) is 0. The summed E-state index contributed by atoms with van der Waals surface area (Å²) in [5, 5.41) is 46.2. The van der Waals surface area contributed by atoms with Crippen molar-refractivity contribution in [2.24, 2.45) is 0 Å². The van der Waals surface area contributed by atoms with Gasteiger partial charge in [-0.15, -0.1) is 0 Å². The second kappa shape index (κ2) is 15.9. The molecule has 0 aliphatic carbocycles. The number of hydrogen-bond acceptors (Lipinski definition) is 8. The van der Waals surface area contributed by atoms with Gasteiger partial charge in [0.05, 0.1) is 23.9 Å². The minimum Gasteiger partial charge on any atom is -0.545 e. The summed E-state index contributed by atoms with van der Waals surface area (Å²) in [6.45, 7) is 0. The van der Waals surface area contributed by atoms with Crippen LogP contribution in [0.3, 0.4) is 0 Å². The predicted octanol–water partition coefficient (Wildman–Crippen LogP) is 3.34. The van der Waals surface area contributed by atoms with Crippen LogP contribution in [0.2, 0.25) is 0 Å². The van der Waals surface area contributed by atoms with Gasteiger partial charge in [-0.05, 0) is 57.3 Å². The molecule has 0 unspecified atom stereocenters. The van der Waals surface area contributed by atoms with Crippen molar-refractivity contribution in [3.05, 3.63) is 190 Å². The Balaban J connectivity index is 0.000000195. The van der Waals surface area contributed by atoms with E-state index in [1.807, 2.05) is 91.0 Å². The molecule has 0 spiro atoms. The fourth-order valence-electron chi connectivity index (χ4n) is 5.83. The highest BCUT2D eigenvalue weighted by Gasteiger charge is 2.18. The number of aromatic carboxylic acids is 4. The molecule has 0 aromatic heterocycles. The molecule has 6 rings (SSSR count). The van der Waals surface area contributed by atoms with E-state index in [0.29, 0.717) is 35.1 Å². The van der Waals surface area contributed by atoms with Gasteiger partial charge in [0.1, 0.15) is 0 Å². The first-order valence-electron chi connectivity index (χ1n) is 15.5. The maximum absolute atomic E-state index is 11.7. The van der Waals surface area contributed by atoms with Crippen molar-refractivity contribution in [3.8, 4) is 22.3 Å². The van der Waals surface area contributed by atoms with Gasteiger partial charge < -0.3 is 39.6 Å². The van der Waals surface area contributed by atoms with Gasteiger partial charge in [-0.25, -0.2) is 0 Å². The largest absolute Gasteiger partial charge is 0.545 e. The van der Waals surface area contributed by atoms with Crippen molar-refractivity contribution < 1.29 is 39.6 Å². The minimum atomic E-state index is -1.55. The lowest BCUT2D eigenvalue weighted by Gasteiger charge is -2.20. The summed E-state index contributed by atoms with van der Waals surface area (Å²) in [5.74, 6) is -6.13. The van der Waals surface area contributed by atoms with Crippen LogP contribution in [0.4, 0.5) is 0 Å². The van der Waals surface area contributed by atoms with Crippen LogP contribution in [-0.4, -0.2) is 23.9 Å². The van der Waals surface area contributed by atoms with Crippen molar-refractivity contribution in [2.75, 3.05) is 0 Å². The Kier molecular flexibility index (Phi) is 11.0. The summed E-state index contributed by atoms with van der Waals surface area (Å²) in [6, 6.07) is 42.6. The first-order chi connectivity index (χ1) is 24.2. The Morgan fingerprint density at radius 1 is 0.400 bits per heavy atom. The lowest BCUT2D eigenvalue weighted by Crippen LogP contribution is -2.32. The number of carbonyl (C=O) groups is 4. The Hall–Kier alpha value is -6.80. The zero-order valence-electron chi connectivity index (χ0n) is 26.5. The number of rotatable bonds is 10. The molecule has 0 heterocycles. The van der Waals surface area contributed by atoms with Crippen molar-refractivity contribution in [1.29, 1.82) is 0 Å². The fraction of sp³-hybridized carbons (Fsp3) is 0.0476. The third kappa shape index (κ3) is 8.00. The van der Waals surface area contributed by atoms with E-state index in [4.69, 9.17) is 0 Å². The van der Waals surface area contributed by atoms with Crippen molar-refractivity contribution >= 4 is 23.9 Å². The molecule has 8 nitrogen and oxygen atoms in total. The van der Waals surface area contributed by atoms with Crippen LogP contribution < -0.4 is 20.4 Å². The summed E-state index contributed by atoms with van der Waals surface area (Å²) >= 11 is 0. The molecule has 0 atom stereocenters. The lowest BCUT2D eigenvalue weighted by atomic mass is 9.87. The van der Waals surface area contributed by atoms with Crippen LogP contribution in [0, 0.1) is 0 Å². The second-order valence-corrected chi connectivity index (χ2v) is 11.2. The van der Waals surface area contributed by atoms with E-state index in [0.717, 1.165) is 22.3 Å². The Labute approximate surface area is 288 Å². The second-order valence-electron chi connectivity index (χ2n) is 11.2. The average Bonchev–Trinajstić information content (AvgIpc) is 3.13. The van der Waals surface area contributed by atoms with Gasteiger partial charge in [-0.2, -0.15) is 0 Å². The number of benzene rings is 6. The summed E-state index contributed by atoms with van der Waals surface area (Å²) in [6.07, 6.45) is 0.796. The highest BCUT2D eigenvalue weighted by Crippen LogP contribution is 2.36. The van der Waals surface area contributed by atoms with Crippen LogP contribution in [0.25, 0.3) is 22.3 Å². The van der Waals surface area contributed by atoms with Crippen LogP contribution in [0.15, 0.2) is 146 Å². The van der Waals surface area contributed by atoms with Gasteiger partial charge in [-0.3, -0.25) is 0 Å². The predicted molar refractivity (Wildman–Crippen MR) is 180 cm³/mol. The SMILES string of the molecule is O=C([O-])c1ccc(-c2ccccc2)c(-c2ccccc2)c1C(=O)[O-].O=C([O-])c1ccc(Cc2ccccc2)c(Cc2ccccc2)c1C(=O)[O-]. The molecular formula is C42H28O8-4. The van der Waals surface area contributed by atoms with Gasteiger partial charge in [-0.1, -0.05) is 146 Å². The molecule has 50 heavy (non-hydrogen) atoms. The molecular weight excluding hydrogens is 632 g/mol. The molecule has 0 aliphatic heterocycles. The van der Waals surface area contributed by atoms with Crippen LogP contribution in [0.5, 0.6) is 0 Å². The molecule has 6 aromatic rings. The highest BCUT2D eigenvalue weighted by atomic mass is 16.4. The molecule has 0 amide bonds. The van der Waals surface area contributed by atoms with Gasteiger partial charge in [0, 0.05) is 22.3 Å². The lowest BCUT2D eigenvalue weighted by molar-refractivity contribution is -0.259. The summed E-state index contributed by atoms with van der Waals surface area (Å²) in [5.41, 5.74) is 3.97. The molecule has 6 aromatic carbocycles. The summed E-state index contributed by atoms with van der Waals surface area (Å²) in [4.78, 5) is 46.2. The van der Waals surface area contributed by atoms with Crippen molar-refractivity contribution in [2.45, 2.75) is 12.8 Å². The molecule has 0 saturated carbocycles. The molecule has 248 valence electrons. The minimum absolute atomic E-state index is 0.299. The van der Waals surface area contributed by atoms with Gasteiger partial charge >= 0.3 is 0 Å². The third-order valence-electron chi connectivity index (χ3n) is 8.07. The maximum atomic E-state index is 11.7. The van der Waals surface area contributed by atoms with E-state index >= 15 is 0 Å². The van der Waals surface area contributed by atoms with E-state index in [2.05, 4.69) is 0 Å². The zero-order chi connectivity index (χ0) is 35.6. The zero-order valence-corrected chi connectivity index (χ0v) is 26.5. The van der Waals surface area contributed by atoms with Gasteiger partial charge in [0.15, 0.2) is 0 Å². The standard InChI is InChI=1S/C22H18O4.C20H14O4/c23-21(24)18-12-11-17(13-15-7-3-1-4-8-15)19(20(18)22(25)26)14-16-9-5-2-6-10-16;21-19(22)16-12-11-15(13-7-3-1-4-8-13)17(18(16)20(23)24)14-9-5-2-6-10-14/h1-12H,13-14H2,(H,23,24)(H,25,26);1-12H,(H,21,22)(H,23,24)/p-4. The summed E-state index contributed by atoms with van der Waals surface area (Å²) in [7, 11) is 0. The highest BCUT2D eigenvalue weighted by molar-refractivity contribution is 6.08. The Morgan fingerprint density at radius 3 is 1.30 bits per heavy atom. The van der Waals surface area contributed by atoms with Gasteiger partial charge in [0.2, 0.25) is 0 Å². The van der Waals surface area contributed by atoms with E-state index in [9.17, 15) is 39.6 Å². The molecule has 0 N–H and O–H groups in total. The fourth-order valence-corrected chi connectivity index (χ4v) is 5.83. The molecule has 0 radical (unpaired) electrons. The topological polar surface area (TPSA) is 161 Å². The molecule has 0 saturated heterocycles. The molecule has 8 heteroatoms. The normalized spacial score (nSPS) is 10.4. The average molecular weight is 661 g/mol. The smallest absolute Gasteiger partial charge is 0.0728 e. The van der Waals surface area contributed by atoms with Gasteiger partial charge in [0.25, 0.3) is 0 Å². The Morgan fingerprint density at radius 2 is 0.820 bits per heavy atom. The number of carboxylic acid groups (broad SMARTS) is 4. The Bertz CT molecular complexity index is 2140. The van der Waals surface area contributed by atoms with Crippen LogP contribution in [0.1, 0.15) is 63.7 Å².